The Morgan fingerprint density at radius 1 is 1.33 bits per heavy atom. The van der Waals surface area contributed by atoms with Crippen molar-refractivity contribution in [2.75, 3.05) is 6.61 Å². The van der Waals surface area contributed by atoms with Gasteiger partial charge in [0, 0.05) is 5.82 Å². The molecule has 110 valence electrons. The smallest absolute Gasteiger partial charge is 0.429 e. The minimum Gasteiger partial charge on any atom is -0.429 e. The van der Waals surface area contributed by atoms with E-state index in [1.54, 1.807) is 13.0 Å². The van der Waals surface area contributed by atoms with Crippen molar-refractivity contribution in [2.24, 2.45) is 5.09 Å². The molecule has 0 saturated carbocycles. The van der Waals surface area contributed by atoms with Crippen molar-refractivity contribution in [3.8, 4) is 0 Å². The molecule has 21 heavy (non-hydrogen) atoms. The summed E-state index contributed by atoms with van der Waals surface area (Å²) in [4.78, 5) is 10.4. The van der Waals surface area contributed by atoms with E-state index in [-0.39, 0.29) is 6.61 Å². The maximum atomic E-state index is 14.0. The second-order valence-electron chi connectivity index (χ2n) is 5.10. The van der Waals surface area contributed by atoms with Gasteiger partial charge in [-0.25, -0.2) is 4.39 Å². The molecule has 0 bridgehead atoms. The molecule has 1 aromatic rings. The predicted octanol–water partition coefficient (Wildman–Crippen LogP) is 3.04. The molecule has 0 fully saturated rings. The lowest BCUT2D eigenvalue weighted by Gasteiger charge is -2.23. The molecule has 1 aliphatic carbocycles. The first-order valence-corrected chi connectivity index (χ1v) is 6.77. The third kappa shape index (κ3) is 4.09. The van der Waals surface area contributed by atoms with Crippen molar-refractivity contribution in [3.05, 3.63) is 64.1 Å². The van der Waals surface area contributed by atoms with Crippen LogP contribution in [0, 0.1) is 4.91 Å². The van der Waals surface area contributed by atoms with Gasteiger partial charge in [-0.2, -0.15) is 4.91 Å². The van der Waals surface area contributed by atoms with Gasteiger partial charge in [0.25, 0.3) is 0 Å². The largest absolute Gasteiger partial charge is 0.494 e. The van der Waals surface area contributed by atoms with Crippen LogP contribution < -0.4 is 0 Å². The van der Waals surface area contributed by atoms with Crippen LogP contribution in [0.25, 0.3) is 0 Å². The number of alkyl halides is 1. The molecule has 1 aliphatic rings. The van der Waals surface area contributed by atoms with Crippen LogP contribution in [0.4, 0.5) is 4.39 Å². The zero-order valence-corrected chi connectivity index (χ0v) is 11.8. The monoisotopic (exact) mass is 289 g/mol. The highest BCUT2D eigenvalue weighted by molar-refractivity contribution is 6.51. The van der Waals surface area contributed by atoms with Gasteiger partial charge in [-0.1, -0.05) is 47.1 Å². The summed E-state index contributed by atoms with van der Waals surface area (Å²) in [6.07, 6.45) is 1.68. The van der Waals surface area contributed by atoms with Crippen molar-refractivity contribution in [1.29, 1.82) is 0 Å². The maximum Gasteiger partial charge on any atom is 0.494 e. The molecule has 0 heterocycles. The average Bonchev–Trinajstić information content (AvgIpc) is 2.47. The van der Waals surface area contributed by atoms with Gasteiger partial charge in [-0.15, -0.1) is 0 Å². The summed E-state index contributed by atoms with van der Waals surface area (Å²) < 4.78 is 19.6. The van der Waals surface area contributed by atoms with Crippen LogP contribution in [0.15, 0.2) is 58.7 Å². The normalized spacial score (nSPS) is 21.5. The van der Waals surface area contributed by atoms with E-state index in [0.717, 1.165) is 5.56 Å². The number of halogens is 1. The van der Waals surface area contributed by atoms with Crippen molar-refractivity contribution in [3.63, 3.8) is 0 Å². The summed E-state index contributed by atoms with van der Waals surface area (Å²) in [7, 11) is -1.56. The van der Waals surface area contributed by atoms with E-state index >= 15 is 0 Å². The Morgan fingerprint density at radius 3 is 2.67 bits per heavy atom. The summed E-state index contributed by atoms with van der Waals surface area (Å²) in [5, 5.41) is 11.9. The molecular weight excluding hydrogens is 272 g/mol. The van der Waals surface area contributed by atoms with E-state index in [2.05, 4.69) is 5.09 Å². The molecule has 2 atom stereocenters. The number of allylic oxidation sites excluding steroid dienone is 2. The third-order valence-electron chi connectivity index (χ3n) is 3.46. The number of ether oxygens (including phenoxy) is 1. The molecule has 0 amide bonds. The zero-order valence-electron chi connectivity index (χ0n) is 11.8. The molecule has 4 nitrogen and oxygen atoms in total. The van der Waals surface area contributed by atoms with Crippen LogP contribution >= 0.6 is 0 Å². The molecule has 6 heteroatoms. The highest BCUT2D eigenvalue weighted by Gasteiger charge is 2.37. The third-order valence-corrected chi connectivity index (χ3v) is 3.46. The Hall–Kier alpha value is -1.79. The lowest BCUT2D eigenvalue weighted by Crippen LogP contribution is -2.28. The van der Waals surface area contributed by atoms with E-state index < -0.39 is 19.0 Å². The molecule has 0 saturated heterocycles. The van der Waals surface area contributed by atoms with Crippen molar-refractivity contribution in [2.45, 2.75) is 25.5 Å². The quantitative estimate of drug-likeness (QED) is 0.646. The van der Waals surface area contributed by atoms with Gasteiger partial charge in [-0.05, 0) is 24.1 Å². The molecule has 1 N–H and O–H groups in total. The lowest BCUT2D eigenvalue weighted by molar-refractivity contribution is 0.143. The molecule has 1 aromatic carbocycles. The Morgan fingerprint density at radius 2 is 2.05 bits per heavy atom. The van der Waals surface area contributed by atoms with Crippen LogP contribution in [0.2, 0.25) is 5.82 Å². The fourth-order valence-electron chi connectivity index (χ4n) is 2.41. The van der Waals surface area contributed by atoms with Gasteiger partial charge in [0.2, 0.25) is 0 Å². The Kier molecular flexibility index (Phi) is 5.41. The van der Waals surface area contributed by atoms with Crippen LogP contribution in [-0.4, -0.2) is 24.9 Å². The van der Waals surface area contributed by atoms with Gasteiger partial charge in [0.15, 0.2) is 0 Å². The van der Waals surface area contributed by atoms with E-state index in [1.165, 1.54) is 6.08 Å². The summed E-state index contributed by atoms with van der Waals surface area (Å²) in [5.74, 6) is -0.902. The van der Waals surface area contributed by atoms with Gasteiger partial charge in [0.05, 0.1) is 13.2 Å². The summed E-state index contributed by atoms with van der Waals surface area (Å²) in [6.45, 7) is 2.41. The van der Waals surface area contributed by atoms with Crippen LogP contribution in [-0.2, 0) is 11.3 Å². The number of benzene rings is 1. The van der Waals surface area contributed by atoms with Crippen molar-refractivity contribution < 1.29 is 14.2 Å². The summed E-state index contributed by atoms with van der Waals surface area (Å²) in [6, 6.07) is 9.70. The predicted molar refractivity (Wildman–Crippen MR) is 80.4 cm³/mol. The fourth-order valence-corrected chi connectivity index (χ4v) is 2.41. The number of hydrogen-bond acceptors (Lipinski definition) is 4. The van der Waals surface area contributed by atoms with Crippen molar-refractivity contribution in [1.82, 2.24) is 0 Å². The summed E-state index contributed by atoms with van der Waals surface area (Å²) in [5.41, 5.74) is 2.34. The van der Waals surface area contributed by atoms with E-state index in [4.69, 9.17) is 4.74 Å². The van der Waals surface area contributed by atoms with Crippen molar-refractivity contribution >= 4 is 7.05 Å². The Balaban J connectivity index is 1.92. The molecule has 2 unspecified atom stereocenters. The second-order valence-corrected chi connectivity index (χ2v) is 5.10. The van der Waals surface area contributed by atoms with Gasteiger partial charge in [0.1, 0.15) is 6.17 Å². The Bertz CT molecular complexity index is 547. The molecule has 0 radical (unpaired) electrons. The molecule has 2 rings (SSSR count). The van der Waals surface area contributed by atoms with E-state index in [0.29, 0.717) is 17.8 Å². The summed E-state index contributed by atoms with van der Waals surface area (Å²) >= 11 is 0. The number of rotatable bonds is 6. The Labute approximate surface area is 123 Å². The molecule has 0 aliphatic heterocycles. The van der Waals surface area contributed by atoms with Gasteiger partial charge >= 0.3 is 7.05 Å². The fraction of sp³-hybridized carbons (Fsp3) is 0.333. The lowest BCUT2D eigenvalue weighted by atomic mass is 9.61. The first-order valence-electron chi connectivity index (χ1n) is 6.77. The minimum atomic E-state index is -1.56. The average molecular weight is 289 g/mol. The van der Waals surface area contributed by atoms with Gasteiger partial charge in [-0.3, -0.25) is 0 Å². The first kappa shape index (κ1) is 15.6. The number of nitrogens with zero attached hydrogens (tertiary/aromatic N) is 1. The molecule has 0 aromatic heterocycles. The SMILES string of the molecule is CC1=CC(COCc2ccccc2)=CC(F)C1B(O)N=O. The standard InChI is InChI=1S/C15H17BFNO3/c1-11-7-13(8-14(17)15(11)16(19)18-20)10-21-9-12-5-3-2-4-6-12/h2-8,14-15,19H,9-10H2,1H3. The highest BCUT2D eigenvalue weighted by Crippen LogP contribution is 2.33. The van der Waals surface area contributed by atoms with Crippen LogP contribution in [0.5, 0.6) is 0 Å². The number of nitroso groups, excluding NO2 is 1. The second kappa shape index (κ2) is 7.29. The topological polar surface area (TPSA) is 58.9 Å². The molecular formula is C15H17BFNO3. The maximum absolute atomic E-state index is 14.0. The van der Waals surface area contributed by atoms with E-state index in [1.807, 2.05) is 30.3 Å². The van der Waals surface area contributed by atoms with E-state index in [9.17, 15) is 14.3 Å². The molecule has 0 spiro atoms. The van der Waals surface area contributed by atoms with Gasteiger partial charge < -0.3 is 9.76 Å². The first-order chi connectivity index (χ1) is 10.1. The zero-order chi connectivity index (χ0) is 15.2. The minimum absolute atomic E-state index is 0.282. The highest BCUT2D eigenvalue weighted by atomic mass is 19.1. The number of hydrogen-bond donors (Lipinski definition) is 1. The van der Waals surface area contributed by atoms with Crippen LogP contribution in [0.3, 0.4) is 0 Å². The van der Waals surface area contributed by atoms with Crippen LogP contribution in [0.1, 0.15) is 12.5 Å².